The van der Waals surface area contributed by atoms with Crippen molar-refractivity contribution in [3.05, 3.63) is 29.8 Å². The van der Waals surface area contributed by atoms with Gasteiger partial charge >= 0.3 is 0 Å². The minimum atomic E-state index is -0.682. The van der Waals surface area contributed by atoms with Crippen LogP contribution in [0.4, 0.5) is 0 Å². The zero-order valence-corrected chi connectivity index (χ0v) is 12.0. The number of hydrogen-bond donors (Lipinski definition) is 3. The average Bonchev–Trinajstić information content (AvgIpc) is 2.50. The number of aliphatic hydroxyl groups excluding tert-OH is 2. The van der Waals surface area contributed by atoms with Crippen LogP contribution in [0, 0.1) is 11.3 Å². The molecule has 20 heavy (non-hydrogen) atoms. The lowest BCUT2D eigenvalue weighted by Gasteiger charge is -2.28. The first-order chi connectivity index (χ1) is 9.53. The molecule has 0 aliphatic heterocycles. The highest BCUT2D eigenvalue weighted by Crippen LogP contribution is 2.13. The summed E-state index contributed by atoms with van der Waals surface area (Å²) in [5, 5.41) is 31.0. The number of nitrogens with zero attached hydrogens (tertiary/aromatic N) is 1. The number of β-amino-alcohol motifs (C(OH)–C–C–N with tert-alkyl or cyclic N) is 1. The molecule has 0 aliphatic rings. The van der Waals surface area contributed by atoms with Crippen molar-refractivity contribution in [2.24, 2.45) is 0 Å². The molecule has 2 unspecified atom stereocenters. The molecule has 0 fully saturated rings. The Bertz CT molecular complexity index is 453. The van der Waals surface area contributed by atoms with Crippen molar-refractivity contribution in [1.29, 1.82) is 5.26 Å². The quantitative estimate of drug-likeness (QED) is 0.662. The van der Waals surface area contributed by atoms with Crippen LogP contribution in [0.5, 0.6) is 5.75 Å². The Morgan fingerprint density at radius 2 is 2.25 bits per heavy atom. The molecule has 110 valence electrons. The summed E-state index contributed by atoms with van der Waals surface area (Å²) < 4.78 is 5.44. The summed E-state index contributed by atoms with van der Waals surface area (Å²) in [6.45, 7) is 4.35. The SMILES string of the molecule is CCC(C)(CO)NCC(O)COc1cccc(C#N)c1. The summed E-state index contributed by atoms with van der Waals surface area (Å²) in [6, 6.07) is 8.83. The summed E-state index contributed by atoms with van der Waals surface area (Å²) in [4.78, 5) is 0. The zero-order chi connectivity index (χ0) is 15.0. The molecular formula is C15H22N2O3. The fourth-order valence-corrected chi connectivity index (χ4v) is 1.56. The predicted molar refractivity (Wildman–Crippen MR) is 76.4 cm³/mol. The highest BCUT2D eigenvalue weighted by atomic mass is 16.5. The normalized spacial score (nSPS) is 15.2. The summed E-state index contributed by atoms with van der Waals surface area (Å²) >= 11 is 0. The van der Waals surface area contributed by atoms with Crippen molar-refractivity contribution in [2.45, 2.75) is 31.9 Å². The Kier molecular flexibility index (Phi) is 6.46. The molecule has 0 heterocycles. The zero-order valence-electron chi connectivity index (χ0n) is 12.0. The molecule has 1 aromatic rings. The molecule has 0 bridgehead atoms. The number of nitriles is 1. The summed E-state index contributed by atoms with van der Waals surface area (Å²) in [7, 11) is 0. The van der Waals surface area contributed by atoms with Gasteiger partial charge in [-0.1, -0.05) is 13.0 Å². The molecule has 0 radical (unpaired) electrons. The molecule has 5 heteroatoms. The van der Waals surface area contributed by atoms with E-state index in [4.69, 9.17) is 10.00 Å². The molecule has 1 rings (SSSR count). The van der Waals surface area contributed by atoms with Gasteiger partial charge in [0.2, 0.25) is 0 Å². The van der Waals surface area contributed by atoms with Crippen LogP contribution in [0.3, 0.4) is 0 Å². The number of rotatable bonds is 8. The maximum atomic E-state index is 9.86. The summed E-state index contributed by atoms with van der Waals surface area (Å²) in [5.74, 6) is 0.559. The highest BCUT2D eigenvalue weighted by molar-refractivity contribution is 5.36. The van der Waals surface area contributed by atoms with Crippen LogP contribution in [0.15, 0.2) is 24.3 Å². The summed E-state index contributed by atoms with van der Waals surface area (Å²) in [6.07, 6.45) is 0.0829. The fourth-order valence-electron chi connectivity index (χ4n) is 1.56. The van der Waals surface area contributed by atoms with Crippen LogP contribution in [0.2, 0.25) is 0 Å². The van der Waals surface area contributed by atoms with Crippen LogP contribution < -0.4 is 10.1 Å². The maximum Gasteiger partial charge on any atom is 0.120 e. The molecule has 0 aliphatic carbocycles. The Hall–Kier alpha value is -1.61. The molecule has 1 aromatic carbocycles. The van der Waals surface area contributed by atoms with Gasteiger partial charge in [-0.05, 0) is 31.5 Å². The third-order valence-electron chi connectivity index (χ3n) is 3.30. The third-order valence-corrected chi connectivity index (χ3v) is 3.30. The van der Waals surface area contributed by atoms with Gasteiger partial charge in [0, 0.05) is 12.1 Å². The minimum Gasteiger partial charge on any atom is -0.491 e. The number of hydrogen-bond acceptors (Lipinski definition) is 5. The second-order valence-corrected chi connectivity index (χ2v) is 5.06. The number of ether oxygens (including phenoxy) is 1. The van der Waals surface area contributed by atoms with Gasteiger partial charge in [-0.3, -0.25) is 0 Å². The van der Waals surface area contributed by atoms with Crippen molar-refractivity contribution >= 4 is 0 Å². The van der Waals surface area contributed by atoms with Crippen molar-refractivity contribution < 1.29 is 14.9 Å². The number of aliphatic hydroxyl groups is 2. The monoisotopic (exact) mass is 278 g/mol. The van der Waals surface area contributed by atoms with E-state index in [1.807, 2.05) is 19.9 Å². The lowest BCUT2D eigenvalue weighted by Crippen LogP contribution is -2.49. The van der Waals surface area contributed by atoms with Crippen LogP contribution >= 0.6 is 0 Å². The van der Waals surface area contributed by atoms with Crippen LogP contribution in [0.1, 0.15) is 25.8 Å². The molecule has 0 aromatic heterocycles. The van der Waals surface area contributed by atoms with E-state index < -0.39 is 6.10 Å². The van der Waals surface area contributed by atoms with E-state index in [0.29, 0.717) is 17.9 Å². The second-order valence-electron chi connectivity index (χ2n) is 5.06. The molecule has 0 amide bonds. The van der Waals surface area contributed by atoms with Gasteiger partial charge < -0.3 is 20.3 Å². The smallest absolute Gasteiger partial charge is 0.120 e. The van der Waals surface area contributed by atoms with Gasteiger partial charge in [0.1, 0.15) is 18.5 Å². The Morgan fingerprint density at radius 1 is 1.50 bits per heavy atom. The number of nitrogens with one attached hydrogen (secondary N) is 1. The lowest BCUT2D eigenvalue weighted by molar-refractivity contribution is 0.0866. The van der Waals surface area contributed by atoms with Gasteiger partial charge in [0.25, 0.3) is 0 Å². The van der Waals surface area contributed by atoms with E-state index in [0.717, 1.165) is 6.42 Å². The summed E-state index contributed by atoms with van der Waals surface area (Å²) in [5.41, 5.74) is 0.135. The van der Waals surface area contributed by atoms with Gasteiger partial charge in [-0.15, -0.1) is 0 Å². The van der Waals surface area contributed by atoms with E-state index in [1.54, 1.807) is 24.3 Å². The van der Waals surface area contributed by atoms with Gasteiger partial charge in [0.15, 0.2) is 0 Å². The lowest BCUT2D eigenvalue weighted by atomic mass is 10.0. The molecule has 0 saturated carbocycles. The van der Waals surface area contributed by atoms with E-state index >= 15 is 0 Å². The number of benzene rings is 1. The Morgan fingerprint density at radius 3 is 2.85 bits per heavy atom. The van der Waals surface area contributed by atoms with E-state index in [-0.39, 0.29) is 18.8 Å². The van der Waals surface area contributed by atoms with Gasteiger partial charge in [-0.25, -0.2) is 0 Å². The standard InChI is InChI=1S/C15H22N2O3/c1-3-15(2,11-18)17-9-13(19)10-20-14-6-4-5-12(7-14)8-16/h4-7,13,17-19H,3,9-11H2,1-2H3. The van der Waals surface area contributed by atoms with Crippen LogP contribution in [-0.4, -0.2) is 41.6 Å². The Balaban J connectivity index is 2.40. The van der Waals surface area contributed by atoms with E-state index in [9.17, 15) is 10.2 Å². The first-order valence-electron chi connectivity index (χ1n) is 6.70. The topological polar surface area (TPSA) is 85.5 Å². The van der Waals surface area contributed by atoms with Crippen molar-refractivity contribution in [1.82, 2.24) is 5.32 Å². The highest BCUT2D eigenvalue weighted by Gasteiger charge is 2.21. The van der Waals surface area contributed by atoms with E-state index in [2.05, 4.69) is 5.32 Å². The van der Waals surface area contributed by atoms with Crippen molar-refractivity contribution in [3.63, 3.8) is 0 Å². The minimum absolute atomic E-state index is 0.0152. The first-order valence-corrected chi connectivity index (χ1v) is 6.70. The van der Waals surface area contributed by atoms with E-state index in [1.165, 1.54) is 0 Å². The maximum absolute atomic E-state index is 9.86. The average molecular weight is 278 g/mol. The van der Waals surface area contributed by atoms with Crippen LogP contribution in [-0.2, 0) is 0 Å². The third kappa shape index (κ3) is 5.17. The predicted octanol–water partition coefficient (Wildman–Crippen LogP) is 1.05. The van der Waals surface area contributed by atoms with Crippen LogP contribution in [0.25, 0.3) is 0 Å². The molecule has 2 atom stereocenters. The van der Waals surface area contributed by atoms with Gasteiger partial charge in [-0.2, -0.15) is 5.26 Å². The van der Waals surface area contributed by atoms with Gasteiger partial charge in [0.05, 0.1) is 18.2 Å². The fraction of sp³-hybridized carbons (Fsp3) is 0.533. The van der Waals surface area contributed by atoms with Crippen molar-refractivity contribution in [2.75, 3.05) is 19.8 Å². The second kappa shape index (κ2) is 7.85. The largest absolute Gasteiger partial charge is 0.491 e. The molecule has 0 saturated heterocycles. The molecule has 5 nitrogen and oxygen atoms in total. The molecule has 0 spiro atoms. The Labute approximate surface area is 119 Å². The molecule has 3 N–H and O–H groups in total. The molecular weight excluding hydrogens is 256 g/mol. The van der Waals surface area contributed by atoms with Crippen molar-refractivity contribution in [3.8, 4) is 11.8 Å². The first kappa shape index (κ1) is 16.4.